The summed E-state index contributed by atoms with van der Waals surface area (Å²) in [5, 5.41) is 1.01. The Bertz CT molecular complexity index is 578. The SMILES string of the molecule is C1=NC2=NC=NC2C(SCCSCc2ccccc2)=N1. The fraction of sp³-hybridized carbons (Fsp3) is 0.286. The highest BCUT2D eigenvalue weighted by atomic mass is 32.2. The van der Waals surface area contributed by atoms with Gasteiger partial charge >= 0.3 is 0 Å². The summed E-state index contributed by atoms with van der Waals surface area (Å²) >= 11 is 3.69. The van der Waals surface area contributed by atoms with E-state index in [1.165, 1.54) is 5.56 Å². The zero-order chi connectivity index (χ0) is 13.6. The fourth-order valence-corrected chi connectivity index (χ4v) is 3.91. The van der Waals surface area contributed by atoms with Crippen LogP contribution in [0, 0.1) is 0 Å². The first kappa shape index (κ1) is 13.6. The highest BCUT2D eigenvalue weighted by molar-refractivity contribution is 8.14. The van der Waals surface area contributed by atoms with E-state index in [9.17, 15) is 0 Å². The van der Waals surface area contributed by atoms with Crippen molar-refractivity contribution in [2.24, 2.45) is 20.0 Å². The first-order valence-electron chi connectivity index (χ1n) is 6.37. The minimum absolute atomic E-state index is 0.0517. The van der Waals surface area contributed by atoms with Crippen molar-refractivity contribution in [3.63, 3.8) is 0 Å². The number of fused-ring (bicyclic) bond motifs is 1. The maximum atomic E-state index is 4.31. The summed E-state index contributed by atoms with van der Waals surface area (Å²) in [4.78, 5) is 16.8. The Labute approximate surface area is 126 Å². The summed E-state index contributed by atoms with van der Waals surface area (Å²) in [6.45, 7) is 0. The van der Waals surface area contributed by atoms with E-state index in [1.54, 1.807) is 24.4 Å². The molecule has 2 aliphatic heterocycles. The van der Waals surface area contributed by atoms with E-state index in [1.807, 2.05) is 17.8 Å². The quantitative estimate of drug-likeness (QED) is 0.785. The summed E-state index contributed by atoms with van der Waals surface area (Å²) in [7, 11) is 0. The molecule has 0 saturated heterocycles. The molecule has 1 aromatic carbocycles. The van der Waals surface area contributed by atoms with E-state index < -0.39 is 0 Å². The number of rotatable bonds is 5. The number of thioether (sulfide) groups is 2. The van der Waals surface area contributed by atoms with Crippen LogP contribution < -0.4 is 0 Å². The standard InChI is InChI=1S/C14H14N4S2/c1-2-4-11(5-3-1)8-19-6-7-20-14-12-13(16-9-15-12)17-10-18-14/h1-5,9-10,12H,6-8H2. The monoisotopic (exact) mass is 302 g/mol. The molecule has 6 heteroatoms. The van der Waals surface area contributed by atoms with Gasteiger partial charge < -0.3 is 0 Å². The normalized spacial score (nSPS) is 19.7. The van der Waals surface area contributed by atoms with Gasteiger partial charge in [-0.25, -0.2) is 15.0 Å². The van der Waals surface area contributed by atoms with Crippen molar-refractivity contribution in [2.45, 2.75) is 11.8 Å². The van der Waals surface area contributed by atoms with Crippen molar-refractivity contribution in [3.05, 3.63) is 35.9 Å². The molecule has 1 unspecified atom stereocenters. The third kappa shape index (κ3) is 3.37. The molecule has 0 aromatic heterocycles. The number of amidine groups is 1. The Morgan fingerprint density at radius 1 is 1.00 bits per heavy atom. The van der Waals surface area contributed by atoms with Gasteiger partial charge in [0.05, 0.1) is 0 Å². The number of nitrogens with zero attached hydrogens (tertiary/aromatic N) is 4. The van der Waals surface area contributed by atoms with Crippen LogP contribution >= 0.6 is 23.5 Å². The highest BCUT2D eigenvalue weighted by Gasteiger charge is 2.26. The van der Waals surface area contributed by atoms with Crippen LogP contribution in [0.3, 0.4) is 0 Å². The number of aliphatic imine (C=N–C) groups is 4. The van der Waals surface area contributed by atoms with Gasteiger partial charge in [0, 0.05) is 17.3 Å². The molecule has 0 N–H and O–H groups in total. The van der Waals surface area contributed by atoms with Gasteiger partial charge in [-0.2, -0.15) is 11.8 Å². The molecule has 1 atom stereocenters. The lowest BCUT2D eigenvalue weighted by Crippen LogP contribution is -2.26. The topological polar surface area (TPSA) is 49.4 Å². The summed E-state index contributed by atoms with van der Waals surface area (Å²) in [6, 6.07) is 10.5. The van der Waals surface area contributed by atoms with E-state index in [-0.39, 0.29) is 6.04 Å². The smallest absolute Gasteiger partial charge is 0.163 e. The molecule has 0 radical (unpaired) electrons. The second-order valence-corrected chi connectivity index (χ2v) is 6.47. The minimum atomic E-state index is -0.0517. The lowest BCUT2D eigenvalue weighted by molar-refractivity contribution is 1.16. The number of hydrogen-bond donors (Lipinski definition) is 0. The van der Waals surface area contributed by atoms with Crippen LogP contribution in [0.2, 0.25) is 0 Å². The first-order valence-corrected chi connectivity index (χ1v) is 8.51. The molecule has 0 spiro atoms. The van der Waals surface area contributed by atoms with Gasteiger partial charge in [0.25, 0.3) is 0 Å². The fourth-order valence-electron chi connectivity index (χ4n) is 1.88. The molecule has 102 valence electrons. The van der Waals surface area contributed by atoms with Crippen LogP contribution in [0.15, 0.2) is 50.3 Å². The van der Waals surface area contributed by atoms with Crippen molar-refractivity contribution in [3.8, 4) is 0 Å². The Morgan fingerprint density at radius 3 is 2.80 bits per heavy atom. The summed E-state index contributed by atoms with van der Waals surface area (Å²) in [6.07, 6.45) is 3.15. The van der Waals surface area contributed by atoms with Crippen molar-refractivity contribution >= 4 is 47.1 Å². The van der Waals surface area contributed by atoms with Gasteiger partial charge in [-0.05, 0) is 5.56 Å². The lowest BCUT2D eigenvalue weighted by atomic mass is 10.2. The summed E-state index contributed by atoms with van der Waals surface area (Å²) < 4.78 is 0. The van der Waals surface area contributed by atoms with E-state index in [0.29, 0.717) is 0 Å². The van der Waals surface area contributed by atoms with Crippen molar-refractivity contribution in [2.75, 3.05) is 11.5 Å². The van der Waals surface area contributed by atoms with Crippen molar-refractivity contribution < 1.29 is 0 Å². The largest absolute Gasteiger partial charge is 0.255 e. The van der Waals surface area contributed by atoms with Crippen LogP contribution in [0.1, 0.15) is 5.56 Å². The Kier molecular flexibility index (Phi) is 4.65. The molecule has 2 aliphatic rings. The Hall–Kier alpha value is -1.40. The second kappa shape index (κ2) is 6.85. The molecular weight excluding hydrogens is 288 g/mol. The maximum Gasteiger partial charge on any atom is 0.163 e. The van der Waals surface area contributed by atoms with E-state index in [4.69, 9.17) is 0 Å². The Balaban J connectivity index is 1.40. The van der Waals surface area contributed by atoms with Crippen LogP contribution in [0.25, 0.3) is 0 Å². The van der Waals surface area contributed by atoms with E-state index in [0.717, 1.165) is 28.1 Å². The van der Waals surface area contributed by atoms with Crippen LogP contribution in [0.4, 0.5) is 0 Å². The van der Waals surface area contributed by atoms with Crippen molar-refractivity contribution in [1.29, 1.82) is 0 Å². The molecule has 0 bridgehead atoms. The minimum Gasteiger partial charge on any atom is -0.255 e. The van der Waals surface area contributed by atoms with Crippen molar-refractivity contribution in [1.82, 2.24) is 0 Å². The van der Waals surface area contributed by atoms with Gasteiger partial charge in [-0.15, -0.1) is 11.8 Å². The molecule has 0 amide bonds. The van der Waals surface area contributed by atoms with E-state index in [2.05, 4.69) is 44.2 Å². The molecule has 3 rings (SSSR count). The lowest BCUT2D eigenvalue weighted by Gasteiger charge is -2.13. The molecule has 0 aliphatic carbocycles. The van der Waals surface area contributed by atoms with Crippen LogP contribution in [0.5, 0.6) is 0 Å². The number of benzene rings is 1. The van der Waals surface area contributed by atoms with Gasteiger partial charge in [0.1, 0.15) is 17.7 Å². The molecule has 1 aromatic rings. The summed E-state index contributed by atoms with van der Waals surface area (Å²) in [5.41, 5.74) is 1.37. The third-order valence-electron chi connectivity index (χ3n) is 2.85. The Morgan fingerprint density at radius 2 is 1.90 bits per heavy atom. The molecule has 20 heavy (non-hydrogen) atoms. The molecular formula is C14H14N4S2. The van der Waals surface area contributed by atoms with Gasteiger partial charge in [0.2, 0.25) is 0 Å². The second-order valence-electron chi connectivity index (χ2n) is 4.25. The third-order valence-corrected chi connectivity index (χ3v) is 5.17. The van der Waals surface area contributed by atoms with Crippen LogP contribution in [-0.2, 0) is 5.75 Å². The van der Waals surface area contributed by atoms with Gasteiger partial charge in [0.15, 0.2) is 11.9 Å². The zero-order valence-electron chi connectivity index (χ0n) is 10.8. The van der Waals surface area contributed by atoms with Crippen LogP contribution in [-0.4, -0.2) is 41.1 Å². The summed E-state index contributed by atoms with van der Waals surface area (Å²) in [5.74, 6) is 3.95. The highest BCUT2D eigenvalue weighted by Crippen LogP contribution is 2.20. The average molecular weight is 302 g/mol. The zero-order valence-corrected chi connectivity index (χ0v) is 12.5. The van der Waals surface area contributed by atoms with Gasteiger partial charge in [-0.3, -0.25) is 4.99 Å². The maximum absolute atomic E-state index is 4.31. The predicted octanol–water partition coefficient (Wildman–Crippen LogP) is 2.90. The van der Waals surface area contributed by atoms with Gasteiger partial charge in [-0.1, -0.05) is 30.3 Å². The average Bonchev–Trinajstić information content (AvgIpc) is 2.97. The molecule has 0 saturated carbocycles. The molecule has 2 heterocycles. The molecule has 0 fully saturated rings. The predicted molar refractivity (Wildman–Crippen MR) is 90.7 cm³/mol. The first-order chi connectivity index (χ1) is 9.93. The number of hydrogen-bond acceptors (Lipinski definition) is 6. The molecule has 4 nitrogen and oxygen atoms in total. The van der Waals surface area contributed by atoms with E-state index >= 15 is 0 Å².